The van der Waals surface area contributed by atoms with Gasteiger partial charge in [-0.1, -0.05) is 0 Å². The summed E-state index contributed by atoms with van der Waals surface area (Å²) in [7, 11) is 3.05. The average molecular weight is 461 g/mol. The second-order valence-corrected chi connectivity index (χ2v) is 8.61. The largest absolute Gasteiger partial charge is 0.493 e. The van der Waals surface area contributed by atoms with Gasteiger partial charge in [0.1, 0.15) is 5.82 Å². The lowest BCUT2D eigenvalue weighted by atomic mass is 9.95. The summed E-state index contributed by atoms with van der Waals surface area (Å²) < 4.78 is 10.6. The average Bonchev–Trinajstić information content (AvgIpc) is 3.24. The highest BCUT2D eigenvalue weighted by Gasteiger charge is 2.20. The first kappa shape index (κ1) is 22.0. The Bertz CT molecular complexity index is 1450. The van der Waals surface area contributed by atoms with E-state index in [1.54, 1.807) is 17.0 Å². The third kappa shape index (κ3) is 3.79. The van der Waals surface area contributed by atoms with Crippen LogP contribution in [0.3, 0.4) is 0 Å². The second kappa shape index (κ2) is 8.85. The SMILES string of the molecule is CCN(Cc1nc2cc(OC)c(OC)cc2c(=O)[nH]1)C(=O)c1ccc2[nH]c3c(c2c1)CCCC3. The number of methoxy groups -OCH3 is 2. The Balaban J connectivity index is 1.46. The Morgan fingerprint density at radius 3 is 2.56 bits per heavy atom. The zero-order chi connectivity index (χ0) is 23.8. The number of aromatic nitrogens is 3. The van der Waals surface area contributed by atoms with Crippen molar-refractivity contribution in [3.8, 4) is 11.5 Å². The van der Waals surface area contributed by atoms with Crippen molar-refractivity contribution in [1.29, 1.82) is 0 Å². The van der Waals surface area contributed by atoms with Gasteiger partial charge in [-0.25, -0.2) is 4.98 Å². The molecule has 0 saturated carbocycles. The Labute approximate surface area is 196 Å². The zero-order valence-corrected chi connectivity index (χ0v) is 19.7. The topological polar surface area (TPSA) is 100 Å². The third-order valence-electron chi connectivity index (χ3n) is 6.61. The van der Waals surface area contributed by atoms with Gasteiger partial charge in [-0.15, -0.1) is 0 Å². The molecule has 34 heavy (non-hydrogen) atoms. The van der Waals surface area contributed by atoms with Crippen LogP contribution in [0.15, 0.2) is 35.1 Å². The third-order valence-corrected chi connectivity index (χ3v) is 6.61. The minimum Gasteiger partial charge on any atom is -0.493 e. The van der Waals surface area contributed by atoms with Gasteiger partial charge in [0.15, 0.2) is 11.5 Å². The van der Waals surface area contributed by atoms with Gasteiger partial charge < -0.3 is 24.3 Å². The van der Waals surface area contributed by atoms with Gasteiger partial charge in [-0.3, -0.25) is 9.59 Å². The molecule has 0 bridgehead atoms. The molecule has 1 aliphatic rings. The molecule has 0 spiro atoms. The summed E-state index contributed by atoms with van der Waals surface area (Å²) in [6.07, 6.45) is 4.48. The lowest BCUT2D eigenvalue weighted by Gasteiger charge is -2.21. The van der Waals surface area contributed by atoms with Crippen LogP contribution in [0, 0.1) is 0 Å². The summed E-state index contributed by atoms with van der Waals surface area (Å²) in [6.45, 7) is 2.59. The lowest BCUT2D eigenvalue weighted by molar-refractivity contribution is 0.0748. The van der Waals surface area contributed by atoms with Gasteiger partial charge in [0, 0.05) is 34.8 Å². The zero-order valence-electron chi connectivity index (χ0n) is 19.7. The minimum atomic E-state index is -0.287. The van der Waals surface area contributed by atoms with E-state index in [1.165, 1.54) is 38.3 Å². The number of aromatic amines is 2. The molecule has 176 valence electrons. The van der Waals surface area contributed by atoms with Crippen LogP contribution in [0.2, 0.25) is 0 Å². The number of aryl methyl sites for hydroxylation is 2. The van der Waals surface area contributed by atoms with E-state index in [4.69, 9.17) is 9.47 Å². The van der Waals surface area contributed by atoms with Crippen LogP contribution in [0.5, 0.6) is 11.5 Å². The molecule has 8 heteroatoms. The Morgan fingerprint density at radius 2 is 1.79 bits per heavy atom. The molecule has 0 aliphatic heterocycles. The lowest BCUT2D eigenvalue weighted by Crippen LogP contribution is -2.32. The van der Waals surface area contributed by atoms with Crippen molar-refractivity contribution in [2.75, 3.05) is 20.8 Å². The van der Waals surface area contributed by atoms with Crippen molar-refractivity contribution >= 4 is 27.7 Å². The molecule has 1 aliphatic carbocycles. The predicted octanol–water partition coefficient (Wildman–Crippen LogP) is 3.96. The normalized spacial score (nSPS) is 13.1. The summed E-state index contributed by atoms with van der Waals surface area (Å²) >= 11 is 0. The fraction of sp³-hybridized carbons (Fsp3) is 0.346. The summed E-state index contributed by atoms with van der Waals surface area (Å²) in [5.41, 5.74) is 4.55. The number of carbonyl (C=O) groups is 1. The standard InChI is InChI=1S/C26H28N4O4/c1-4-30(14-24-28-21-13-23(34-3)22(33-2)12-18(21)25(31)29-24)26(32)15-9-10-20-17(11-15)16-7-5-6-8-19(16)27-20/h9-13,27H,4-8,14H2,1-3H3,(H,28,29,31). The van der Waals surface area contributed by atoms with Gasteiger partial charge in [-0.05, 0) is 62.4 Å². The molecule has 0 radical (unpaired) electrons. The smallest absolute Gasteiger partial charge is 0.258 e. The number of hydrogen-bond acceptors (Lipinski definition) is 5. The number of fused-ring (bicyclic) bond motifs is 4. The number of amides is 1. The van der Waals surface area contributed by atoms with Crippen molar-refractivity contribution in [3.63, 3.8) is 0 Å². The minimum absolute atomic E-state index is 0.0924. The molecule has 2 aromatic carbocycles. The van der Waals surface area contributed by atoms with E-state index in [-0.39, 0.29) is 18.0 Å². The van der Waals surface area contributed by atoms with Crippen LogP contribution in [-0.2, 0) is 19.4 Å². The first-order chi connectivity index (χ1) is 16.5. The fourth-order valence-corrected chi connectivity index (χ4v) is 4.82. The van der Waals surface area contributed by atoms with Crippen LogP contribution < -0.4 is 15.0 Å². The summed E-state index contributed by atoms with van der Waals surface area (Å²) in [6, 6.07) is 9.13. The molecule has 2 aromatic heterocycles. The predicted molar refractivity (Wildman–Crippen MR) is 131 cm³/mol. The Kier molecular flexibility index (Phi) is 5.73. The van der Waals surface area contributed by atoms with Crippen molar-refractivity contribution in [3.05, 3.63) is 63.3 Å². The molecule has 1 amide bonds. The number of hydrogen-bond donors (Lipinski definition) is 2. The monoisotopic (exact) mass is 460 g/mol. The van der Waals surface area contributed by atoms with Crippen molar-refractivity contribution in [2.45, 2.75) is 39.2 Å². The molecule has 2 heterocycles. The van der Waals surface area contributed by atoms with Crippen LogP contribution in [0.1, 0.15) is 47.2 Å². The number of rotatable bonds is 6. The molecular weight excluding hydrogens is 432 g/mol. The first-order valence-electron chi connectivity index (χ1n) is 11.6. The van der Waals surface area contributed by atoms with E-state index < -0.39 is 0 Å². The first-order valence-corrected chi connectivity index (χ1v) is 11.6. The molecular formula is C26H28N4O4. The highest BCUT2D eigenvalue weighted by atomic mass is 16.5. The van der Waals surface area contributed by atoms with E-state index in [0.717, 1.165) is 23.7 Å². The van der Waals surface area contributed by atoms with E-state index >= 15 is 0 Å². The van der Waals surface area contributed by atoms with Gasteiger partial charge in [-0.2, -0.15) is 0 Å². The van der Waals surface area contributed by atoms with Gasteiger partial charge in [0.2, 0.25) is 0 Å². The molecule has 0 atom stereocenters. The molecule has 8 nitrogen and oxygen atoms in total. The number of ether oxygens (including phenoxy) is 2. The maximum Gasteiger partial charge on any atom is 0.258 e. The van der Waals surface area contributed by atoms with Crippen LogP contribution in [0.4, 0.5) is 0 Å². The number of benzene rings is 2. The maximum absolute atomic E-state index is 13.4. The summed E-state index contributed by atoms with van der Waals surface area (Å²) in [4.78, 5) is 38.7. The van der Waals surface area contributed by atoms with E-state index in [9.17, 15) is 9.59 Å². The van der Waals surface area contributed by atoms with Crippen molar-refractivity contribution in [2.24, 2.45) is 0 Å². The number of nitrogens with one attached hydrogen (secondary N) is 2. The number of nitrogens with zero attached hydrogens (tertiary/aromatic N) is 2. The molecule has 2 N–H and O–H groups in total. The Morgan fingerprint density at radius 1 is 1.03 bits per heavy atom. The summed E-state index contributed by atoms with van der Waals surface area (Å²) in [5.74, 6) is 1.28. The van der Waals surface area contributed by atoms with Gasteiger partial charge >= 0.3 is 0 Å². The number of H-pyrrole nitrogens is 2. The van der Waals surface area contributed by atoms with E-state index in [1.807, 2.05) is 25.1 Å². The molecule has 5 rings (SSSR count). The molecule has 0 saturated heterocycles. The van der Waals surface area contributed by atoms with Crippen LogP contribution in [-0.4, -0.2) is 46.5 Å². The van der Waals surface area contributed by atoms with Crippen LogP contribution in [0.25, 0.3) is 21.8 Å². The van der Waals surface area contributed by atoms with Crippen LogP contribution >= 0.6 is 0 Å². The highest BCUT2D eigenvalue weighted by molar-refractivity contribution is 5.99. The highest BCUT2D eigenvalue weighted by Crippen LogP contribution is 2.31. The maximum atomic E-state index is 13.4. The quantitative estimate of drug-likeness (QED) is 0.454. The van der Waals surface area contributed by atoms with Gasteiger partial charge in [0.05, 0.1) is 31.7 Å². The van der Waals surface area contributed by atoms with E-state index in [0.29, 0.717) is 40.3 Å². The van der Waals surface area contributed by atoms with E-state index in [2.05, 4.69) is 15.0 Å². The molecule has 0 fully saturated rings. The van der Waals surface area contributed by atoms with Crippen molar-refractivity contribution in [1.82, 2.24) is 19.9 Å². The van der Waals surface area contributed by atoms with Gasteiger partial charge in [0.25, 0.3) is 11.5 Å². The second-order valence-electron chi connectivity index (χ2n) is 8.61. The fourth-order valence-electron chi connectivity index (χ4n) is 4.82. The summed E-state index contributed by atoms with van der Waals surface area (Å²) in [5, 5.41) is 1.54. The molecule has 4 aromatic rings. The van der Waals surface area contributed by atoms with Crippen molar-refractivity contribution < 1.29 is 14.3 Å². The Hall–Kier alpha value is -3.81. The molecule has 0 unspecified atom stereocenters. The number of carbonyl (C=O) groups excluding carboxylic acids is 1.